The van der Waals surface area contributed by atoms with Crippen molar-refractivity contribution in [3.05, 3.63) is 0 Å². The average molecular weight is 294 g/mol. The zero-order valence-corrected chi connectivity index (χ0v) is 13.6. The van der Waals surface area contributed by atoms with Gasteiger partial charge in [0, 0.05) is 13.1 Å². The highest BCUT2D eigenvalue weighted by Crippen LogP contribution is 2.41. The zero-order chi connectivity index (χ0) is 14.9. The SMILES string of the molecule is CNC1(C(=O)OC)CCCC1CCN1CC2CCCC2C1. The molecule has 3 rings (SSSR count). The van der Waals surface area contributed by atoms with E-state index in [1.807, 2.05) is 7.05 Å². The molecule has 4 unspecified atom stereocenters. The molecule has 120 valence electrons. The van der Waals surface area contributed by atoms with Crippen molar-refractivity contribution >= 4 is 5.97 Å². The van der Waals surface area contributed by atoms with E-state index in [0.717, 1.165) is 44.1 Å². The van der Waals surface area contributed by atoms with E-state index in [2.05, 4.69) is 10.2 Å². The summed E-state index contributed by atoms with van der Waals surface area (Å²) in [4.78, 5) is 14.9. The van der Waals surface area contributed by atoms with Crippen LogP contribution in [0.25, 0.3) is 0 Å². The molecule has 1 heterocycles. The fourth-order valence-corrected chi connectivity index (χ4v) is 5.20. The summed E-state index contributed by atoms with van der Waals surface area (Å²) in [6.07, 6.45) is 8.64. The van der Waals surface area contributed by atoms with Crippen LogP contribution in [0, 0.1) is 17.8 Å². The van der Waals surface area contributed by atoms with Gasteiger partial charge in [0.15, 0.2) is 0 Å². The molecule has 0 bridgehead atoms. The Hall–Kier alpha value is -0.610. The molecule has 3 fully saturated rings. The Morgan fingerprint density at radius 2 is 1.95 bits per heavy atom. The molecule has 0 aromatic heterocycles. The maximum absolute atomic E-state index is 12.2. The van der Waals surface area contributed by atoms with Crippen LogP contribution < -0.4 is 5.32 Å². The number of carbonyl (C=O) groups is 1. The van der Waals surface area contributed by atoms with E-state index in [-0.39, 0.29) is 5.97 Å². The van der Waals surface area contributed by atoms with Gasteiger partial charge in [0.05, 0.1) is 7.11 Å². The average Bonchev–Trinajstić information content (AvgIpc) is 3.18. The highest BCUT2D eigenvalue weighted by molar-refractivity contribution is 5.81. The maximum Gasteiger partial charge on any atom is 0.326 e. The minimum atomic E-state index is -0.426. The van der Waals surface area contributed by atoms with Crippen LogP contribution in [0.5, 0.6) is 0 Å². The number of likely N-dealkylation sites (tertiary alicyclic amines) is 1. The van der Waals surface area contributed by atoms with E-state index in [1.54, 1.807) is 0 Å². The number of esters is 1. The van der Waals surface area contributed by atoms with Crippen LogP contribution in [0.3, 0.4) is 0 Å². The molecule has 1 aliphatic heterocycles. The molecule has 21 heavy (non-hydrogen) atoms. The van der Waals surface area contributed by atoms with E-state index < -0.39 is 5.54 Å². The summed E-state index contributed by atoms with van der Waals surface area (Å²) < 4.78 is 5.08. The van der Waals surface area contributed by atoms with E-state index in [4.69, 9.17) is 4.74 Å². The minimum absolute atomic E-state index is 0.0641. The Bertz CT molecular complexity index is 375. The van der Waals surface area contributed by atoms with Crippen molar-refractivity contribution < 1.29 is 9.53 Å². The number of hydrogen-bond acceptors (Lipinski definition) is 4. The van der Waals surface area contributed by atoms with Crippen molar-refractivity contribution in [3.8, 4) is 0 Å². The van der Waals surface area contributed by atoms with Crippen LogP contribution in [-0.2, 0) is 9.53 Å². The lowest BCUT2D eigenvalue weighted by molar-refractivity contribution is -0.150. The molecule has 0 amide bonds. The molecule has 2 saturated carbocycles. The van der Waals surface area contributed by atoms with Gasteiger partial charge in [0.1, 0.15) is 5.54 Å². The number of likely N-dealkylation sites (N-methyl/N-ethyl adjacent to an activating group) is 1. The highest BCUT2D eigenvalue weighted by Gasteiger charge is 2.48. The first-order valence-electron chi connectivity index (χ1n) is 8.69. The van der Waals surface area contributed by atoms with Crippen LogP contribution in [0.1, 0.15) is 44.9 Å². The van der Waals surface area contributed by atoms with Gasteiger partial charge in [0.25, 0.3) is 0 Å². The Morgan fingerprint density at radius 3 is 2.57 bits per heavy atom. The Labute approximate surface area is 128 Å². The van der Waals surface area contributed by atoms with Crippen molar-refractivity contribution in [2.45, 2.75) is 50.5 Å². The van der Waals surface area contributed by atoms with Crippen molar-refractivity contribution in [2.24, 2.45) is 17.8 Å². The van der Waals surface area contributed by atoms with Crippen LogP contribution in [0.2, 0.25) is 0 Å². The van der Waals surface area contributed by atoms with Gasteiger partial charge in [-0.2, -0.15) is 0 Å². The monoisotopic (exact) mass is 294 g/mol. The summed E-state index contributed by atoms with van der Waals surface area (Å²) in [5, 5.41) is 3.30. The Morgan fingerprint density at radius 1 is 1.24 bits per heavy atom. The van der Waals surface area contributed by atoms with Gasteiger partial charge in [-0.05, 0) is 63.5 Å². The fraction of sp³-hybridized carbons (Fsp3) is 0.941. The second-order valence-corrected chi connectivity index (χ2v) is 7.30. The topological polar surface area (TPSA) is 41.6 Å². The first-order chi connectivity index (χ1) is 10.2. The van der Waals surface area contributed by atoms with Crippen LogP contribution in [-0.4, -0.2) is 50.2 Å². The molecule has 4 nitrogen and oxygen atoms in total. The summed E-state index contributed by atoms with van der Waals surface area (Å²) in [6, 6.07) is 0. The van der Waals surface area contributed by atoms with Gasteiger partial charge in [-0.3, -0.25) is 4.79 Å². The van der Waals surface area contributed by atoms with Crippen molar-refractivity contribution in [3.63, 3.8) is 0 Å². The standard InChI is InChI=1S/C17H30N2O2/c1-18-17(16(20)21-2)9-4-7-15(17)8-10-19-11-13-5-3-6-14(13)12-19/h13-15,18H,3-12H2,1-2H3. The summed E-state index contributed by atoms with van der Waals surface area (Å²) in [7, 11) is 3.42. The summed E-state index contributed by atoms with van der Waals surface area (Å²) in [5.41, 5.74) is -0.426. The number of methoxy groups -OCH3 is 1. The molecule has 0 aromatic rings. The predicted molar refractivity (Wildman–Crippen MR) is 83.0 cm³/mol. The number of fused-ring (bicyclic) bond motifs is 1. The van der Waals surface area contributed by atoms with E-state index >= 15 is 0 Å². The molecule has 2 aliphatic carbocycles. The van der Waals surface area contributed by atoms with Crippen LogP contribution in [0.4, 0.5) is 0 Å². The predicted octanol–water partition coefficient (Wildman–Crippen LogP) is 2.04. The third kappa shape index (κ3) is 2.72. The third-order valence-electron chi connectivity index (χ3n) is 6.41. The second kappa shape index (κ2) is 6.25. The molecule has 0 spiro atoms. The van der Waals surface area contributed by atoms with Gasteiger partial charge in [-0.1, -0.05) is 12.8 Å². The normalized spacial score (nSPS) is 39.6. The van der Waals surface area contributed by atoms with Gasteiger partial charge in [0.2, 0.25) is 0 Å². The minimum Gasteiger partial charge on any atom is -0.468 e. The molecule has 3 aliphatic rings. The van der Waals surface area contributed by atoms with Gasteiger partial charge >= 0.3 is 5.97 Å². The number of ether oxygens (including phenoxy) is 1. The maximum atomic E-state index is 12.2. The smallest absolute Gasteiger partial charge is 0.326 e. The lowest BCUT2D eigenvalue weighted by Gasteiger charge is -2.33. The van der Waals surface area contributed by atoms with E-state index in [9.17, 15) is 4.79 Å². The number of rotatable bonds is 5. The number of nitrogens with zero attached hydrogens (tertiary/aromatic N) is 1. The molecule has 0 radical (unpaired) electrons. The zero-order valence-electron chi connectivity index (χ0n) is 13.6. The van der Waals surface area contributed by atoms with E-state index in [1.165, 1.54) is 39.5 Å². The number of nitrogens with one attached hydrogen (secondary N) is 1. The van der Waals surface area contributed by atoms with Crippen LogP contribution in [0.15, 0.2) is 0 Å². The molecule has 0 aromatic carbocycles. The molecule has 1 saturated heterocycles. The van der Waals surface area contributed by atoms with Crippen molar-refractivity contribution in [2.75, 3.05) is 33.8 Å². The summed E-state index contributed by atoms with van der Waals surface area (Å²) in [6.45, 7) is 3.74. The third-order valence-corrected chi connectivity index (χ3v) is 6.41. The first-order valence-corrected chi connectivity index (χ1v) is 8.69. The largest absolute Gasteiger partial charge is 0.468 e. The quantitative estimate of drug-likeness (QED) is 0.788. The fourth-order valence-electron chi connectivity index (χ4n) is 5.20. The Balaban J connectivity index is 1.55. The molecule has 4 heteroatoms. The van der Waals surface area contributed by atoms with E-state index in [0.29, 0.717) is 5.92 Å². The molecular formula is C17H30N2O2. The molecule has 4 atom stereocenters. The second-order valence-electron chi connectivity index (χ2n) is 7.30. The summed E-state index contributed by atoms with van der Waals surface area (Å²) >= 11 is 0. The number of hydrogen-bond donors (Lipinski definition) is 1. The van der Waals surface area contributed by atoms with Gasteiger partial charge in [-0.25, -0.2) is 0 Å². The first kappa shape index (κ1) is 15.3. The molecule has 1 N–H and O–H groups in total. The summed E-state index contributed by atoms with van der Waals surface area (Å²) in [5.74, 6) is 2.28. The van der Waals surface area contributed by atoms with Crippen LogP contribution >= 0.6 is 0 Å². The van der Waals surface area contributed by atoms with Crippen molar-refractivity contribution in [1.29, 1.82) is 0 Å². The van der Waals surface area contributed by atoms with Gasteiger partial charge in [-0.15, -0.1) is 0 Å². The Kier molecular flexibility index (Phi) is 4.55. The lowest BCUT2D eigenvalue weighted by Crippen LogP contribution is -2.54. The molecular weight excluding hydrogens is 264 g/mol. The van der Waals surface area contributed by atoms with Crippen molar-refractivity contribution in [1.82, 2.24) is 10.2 Å². The van der Waals surface area contributed by atoms with Gasteiger partial charge < -0.3 is 15.0 Å². The number of carbonyl (C=O) groups excluding carboxylic acids is 1. The highest BCUT2D eigenvalue weighted by atomic mass is 16.5. The lowest BCUT2D eigenvalue weighted by atomic mass is 9.84.